The van der Waals surface area contributed by atoms with Crippen LogP contribution in [0.3, 0.4) is 0 Å². The SMILES string of the molecule is O=P([O-])([O-])OP(=O)([O-])O.[Ni+2].[Rb+]. The first kappa shape index (κ1) is 19.2. The van der Waals surface area contributed by atoms with Gasteiger partial charge in [-0.1, -0.05) is 0 Å². The zero-order valence-corrected chi connectivity index (χ0v) is 12.8. The molecule has 1 atom stereocenters. The standard InChI is InChI=1S/Ni.H4O7P2.Rb/c;1-8(2,3)7-9(4,5)6;/h;(H2,1,2,3)(H2,4,5,6);/q+2;;+1/p-3. The molecule has 0 fully saturated rings. The van der Waals surface area contributed by atoms with E-state index in [0.29, 0.717) is 0 Å². The van der Waals surface area contributed by atoms with E-state index in [1.54, 1.807) is 0 Å². The molecule has 0 bridgehead atoms. The van der Waals surface area contributed by atoms with E-state index in [-0.39, 0.29) is 74.7 Å². The molecular weight excluding hydrogens is 318 g/mol. The molecule has 0 rings (SSSR count). The predicted molar refractivity (Wildman–Crippen MR) is 18.5 cm³/mol. The zero-order valence-electron chi connectivity index (χ0n) is 5.11. The number of rotatable bonds is 2. The average Bonchev–Trinajstić information content (AvgIpc) is 1.14. The summed E-state index contributed by atoms with van der Waals surface area (Å²) in [6, 6.07) is 0. The fraction of sp³-hybridized carbons (Fsp3) is 0. The maximum atomic E-state index is 9.44. The molecule has 11 heteroatoms. The second kappa shape index (κ2) is 6.93. The molecule has 1 N–H and O–H groups in total. The minimum atomic E-state index is -5.61. The van der Waals surface area contributed by atoms with E-state index in [1.807, 2.05) is 0 Å². The molecule has 0 radical (unpaired) electrons. The monoisotopic (exact) mass is 318 g/mol. The average molecular weight is 319 g/mol. The number of hydrogen-bond donors (Lipinski definition) is 1. The molecule has 0 aliphatic carbocycles. The molecule has 11 heavy (non-hydrogen) atoms. The van der Waals surface area contributed by atoms with Crippen molar-refractivity contribution in [3.05, 3.63) is 0 Å². The maximum absolute atomic E-state index is 9.44. The molecule has 0 aromatic rings. The Bertz CT molecular complexity index is 157. The van der Waals surface area contributed by atoms with Gasteiger partial charge >= 0.3 is 74.7 Å². The van der Waals surface area contributed by atoms with Crippen LogP contribution in [0.1, 0.15) is 0 Å². The van der Waals surface area contributed by atoms with Gasteiger partial charge in [-0.25, -0.2) is 0 Å². The molecule has 0 saturated heterocycles. The third-order valence-electron chi connectivity index (χ3n) is 0.203. The Morgan fingerprint density at radius 2 is 1.45 bits per heavy atom. The number of hydrogen-bond acceptors (Lipinski definition) is 6. The molecule has 0 saturated carbocycles. The minimum absolute atomic E-state index is 0. The normalized spacial score (nSPS) is 15.6. The second-order valence-electron chi connectivity index (χ2n) is 0.997. The van der Waals surface area contributed by atoms with E-state index < -0.39 is 15.6 Å². The van der Waals surface area contributed by atoms with Gasteiger partial charge in [0.2, 0.25) is 0 Å². The van der Waals surface area contributed by atoms with Crippen molar-refractivity contribution in [3.63, 3.8) is 0 Å². The van der Waals surface area contributed by atoms with Gasteiger partial charge in [0, 0.05) is 0 Å². The molecule has 0 heterocycles. The first-order valence-electron chi connectivity index (χ1n) is 1.48. The van der Waals surface area contributed by atoms with E-state index >= 15 is 0 Å². The van der Waals surface area contributed by atoms with E-state index in [0.717, 1.165) is 0 Å². The minimum Gasteiger partial charge on any atom is -0.790 e. The number of phosphoric acid groups is 2. The van der Waals surface area contributed by atoms with Gasteiger partial charge in [0.15, 0.2) is 0 Å². The van der Waals surface area contributed by atoms with Crippen molar-refractivity contribution in [3.8, 4) is 0 Å². The van der Waals surface area contributed by atoms with Crippen LogP contribution >= 0.6 is 15.6 Å². The van der Waals surface area contributed by atoms with Crippen LogP contribution in [-0.2, 0) is 29.9 Å². The third-order valence-corrected chi connectivity index (χ3v) is 1.83. The summed E-state index contributed by atoms with van der Waals surface area (Å²) in [5, 5.41) is 0. The fourth-order valence-corrected chi connectivity index (χ4v) is 1.14. The molecule has 7 nitrogen and oxygen atoms in total. The van der Waals surface area contributed by atoms with Crippen molar-refractivity contribution < 1.29 is 108 Å². The van der Waals surface area contributed by atoms with E-state index in [9.17, 15) is 23.8 Å². The summed E-state index contributed by atoms with van der Waals surface area (Å²) in [6.07, 6.45) is 0. The van der Waals surface area contributed by atoms with Gasteiger partial charge in [0.25, 0.3) is 7.82 Å². The van der Waals surface area contributed by atoms with Gasteiger partial charge in [-0.3, -0.25) is 8.88 Å². The fourth-order valence-electron chi connectivity index (χ4n) is 0.126. The van der Waals surface area contributed by atoms with Gasteiger partial charge in [0.1, 0.15) is 0 Å². The zero-order chi connectivity index (χ0) is 7.71. The van der Waals surface area contributed by atoms with Crippen molar-refractivity contribution in [1.29, 1.82) is 0 Å². The van der Waals surface area contributed by atoms with Crippen molar-refractivity contribution in [2.45, 2.75) is 0 Å². The molecule has 0 aromatic heterocycles. The van der Waals surface area contributed by atoms with E-state index in [1.165, 1.54) is 0 Å². The molecule has 1 unspecified atom stereocenters. The largest absolute Gasteiger partial charge is 2.00 e. The van der Waals surface area contributed by atoms with Crippen LogP contribution in [0, 0.1) is 0 Å². The molecule has 0 amide bonds. The summed E-state index contributed by atoms with van der Waals surface area (Å²) in [6.45, 7) is 0. The van der Waals surface area contributed by atoms with Gasteiger partial charge < -0.3 is 24.1 Å². The first-order valence-corrected chi connectivity index (χ1v) is 4.43. The summed E-state index contributed by atoms with van der Waals surface area (Å²) < 4.78 is 21.4. The van der Waals surface area contributed by atoms with Crippen molar-refractivity contribution in [1.82, 2.24) is 0 Å². The van der Waals surface area contributed by atoms with Crippen LogP contribution in [0.15, 0.2) is 0 Å². The van der Waals surface area contributed by atoms with Crippen LogP contribution in [0.4, 0.5) is 0 Å². The van der Waals surface area contributed by atoms with E-state index in [4.69, 9.17) is 4.89 Å². The first-order chi connectivity index (χ1) is 3.71. The van der Waals surface area contributed by atoms with Crippen molar-refractivity contribution in [2.24, 2.45) is 0 Å². The third kappa shape index (κ3) is 19.1. The topological polar surface area (TPSA) is 133 Å². The Labute approximate surface area is 121 Å². The van der Waals surface area contributed by atoms with Crippen LogP contribution in [0.2, 0.25) is 0 Å². The van der Waals surface area contributed by atoms with Gasteiger partial charge in [-0.15, -0.1) is 0 Å². The van der Waals surface area contributed by atoms with Crippen LogP contribution in [-0.4, -0.2) is 4.89 Å². The summed E-state index contributed by atoms with van der Waals surface area (Å²) >= 11 is 0. The summed E-state index contributed by atoms with van der Waals surface area (Å²) in [5.74, 6) is 0. The summed E-state index contributed by atoms with van der Waals surface area (Å²) in [5.41, 5.74) is 0. The Balaban J connectivity index is -0.000000320. The second-order valence-corrected chi connectivity index (χ2v) is 3.48. The van der Waals surface area contributed by atoms with Gasteiger partial charge in [0.05, 0.1) is 7.82 Å². The summed E-state index contributed by atoms with van der Waals surface area (Å²) in [4.78, 5) is 35.7. The molecule has 64 valence electrons. The van der Waals surface area contributed by atoms with Crippen molar-refractivity contribution >= 4 is 15.6 Å². The van der Waals surface area contributed by atoms with Crippen LogP contribution < -0.4 is 72.9 Å². The van der Waals surface area contributed by atoms with Crippen molar-refractivity contribution in [2.75, 3.05) is 0 Å². The Hall–Kier alpha value is 2.56. The predicted octanol–water partition coefficient (Wildman–Crippen LogP) is -5.71. The molecular formula is HNiO7P2Rb. The van der Waals surface area contributed by atoms with E-state index in [2.05, 4.69) is 4.31 Å². The Morgan fingerprint density at radius 3 is 1.45 bits per heavy atom. The quantitative estimate of drug-likeness (QED) is 0.396. The van der Waals surface area contributed by atoms with Crippen LogP contribution in [0.5, 0.6) is 0 Å². The molecule has 0 aromatic carbocycles. The summed E-state index contributed by atoms with van der Waals surface area (Å²) in [7, 11) is -11.0. The smallest absolute Gasteiger partial charge is 0.790 e. The molecule has 0 spiro atoms. The Morgan fingerprint density at radius 1 is 1.18 bits per heavy atom. The Kier molecular flexibility index (Phi) is 12.1. The van der Waals surface area contributed by atoms with Gasteiger partial charge in [-0.05, 0) is 0 Å². The van der Waals surface area contributed by atoms with Gasteiger partial charge in [-0.2, -0.15) is 0 Å². The molecule has 0 aliphatic rings. The molecule has 0 aliphatic heterocycles. The van der Waals surface area contributed by atoms with Crippen LogP contribution in [0.25, 0.3) is 0 Å². The maximum Gasteiger partial charge on any atom is 2.00 e.